The molecular formula is C11H18N2O. The van der Waals surface area contributed by atoms with E-state index < -0.39 is 5.60 Å². The maximum atomic E-state index is 9.72. The third-order valence-electron chi connectivity index (χ3n) is 2.35. The van der Waals surface area contributed by atoms with Gasteiger partial charge in [-0.15, -0.1) is 0 Å². The van der Waals surface area contributed by atoms with E-state index in [0.717, 1.165) is 11.4 Å². The lowest BCUT2D eigenvalue weighted by Gasteiger charge is -2.27. The van der Waals surface area contributed by atoms with Crippen LogP contribution < -0.4 is 5.32 Å². The molecule has 1 rings (SSSR count). The molecule has 14 heavy (non-hydrogen) atoms. The summed E-state index contributed by atoms with van der Waals surface area (Å²) >= 11 is 0. The average molecular weight is 194 g/mol. The van der Waals surface area contributed by atoms with E-state index in [4.69, 9.17) is 0 Å². The third kappa shape index (κ3) is 3.00. The van der Waals surface area contributed by atoms with Crippen molar-refractivity contribution in [2.75, 3.05) is 5.32 Å². The van der Waals surface area contributed by atoms with Crippen molar-refractivity contribution in [1.82, 2.24) is 4.98 Å². The van der Waals surface area contributed by atoms with Crippen LogP contribution in [0.5, 0.6) is 0 Å². The lowest BCUT2D eigenvalue weighted by molar-refractivity contribution is 0.0649. The van der Waals surface area contributed by atoms with E-state index in [1.54, 1.807) is 20.0 Å². The molecule has 0 amide bonds. The Morgan fingerprint density at radius 1 is 1.43 bits per heavy atom. The van der Waals surface area contributed by atoms with Gasteiger partial charge >= 0.3 is 0 Å². The first-order valence-electron chi connectivity index (χ1n) is 4.81. The van der Waals surface area contributed by atoms with E-state index in [-0.39, 0.29) is 6.04 Å². The van der Waals surface area contributed by atoms with Crippen molar-refractivity contribution >= 4 is 5.69 Å². The molecular weight excluding hydrogens is 176 g/mol. The second kappa shape index (κ2) is 3.96. The zero-order chi connectivity index (χ0) is 10.8. The van der Waals surface area contributed by atoms with Crippen molar-refractivity contribution in [3.8, 4) is 0 Å². The standard InChI is InChI=1S/C11H18N2O/c1-8-5-6-10(7-12-8)13-9(2)11(3,4)14/h5-7,9,13-14H,1-4H3. The highest BCUT2D eigenvalue weighted by Gasteiger charge is 2.21. The number of anilines is 1. The van der Waals surface area contributed by atoms with Crippen LogP contribution in [0.15, 0.2) is 18.3 Å². The van der Waals surface area contributed by atoms with Crippen LogP contribution in [0.25, 0.3) is 0 Å². The molecule has 0 spiro atoms. The number of aliphatic hydroxyl groups is 1. The fourth-order valence-corrected chi connectivity index (χ4v) is 0.980. The molecule has 3 heteroatoms. The van der Waals surface area contributed by atoms with E-state index in [9.17, 15) is 5.11 Å². The Morgan fingerprint density at radius 3 is 2.50 bits per heavy atom. The smallest absolute Gasteiger partial charge is 0.0789 e. The topological polar surface area (TPSA) is 45.1 Å². The van der Waals surface area contributed by atoms with Gasteiger partial charge in [0.2, 0.25) is 0 Å². The van der Waals surface area contributed by atoms with E-state index >= 15 is 0 Å². The molecule has 1 heterocycles. The zero-order valence-corrected chi connectivity index (χ0v) is 9.20. The molecule has 78 valence electrons. The van der Waals surface area contributed by atoms with Gasteiger partial charge in [-0.2, -0.15) is 0 Å². The quantitative estimate of drug-likeness (QED) is 0.773. The highest BCUT2D eigenvalue weighted by molar-refractivity contribution is 5.42. The van der Waals surface area contributed by atoms with Crippen LogP contribution in [0.4, 0.5) is 5.69 Å². The third-order valence-corrected chi connectivity index (χ3v) is 2.35. The molecule has 0 saturated heterocycles. The molecule has 0 aliphatic rings. The molecule has 0 aromatic carbocycles. The summed E-state index contributed by atoms with van der Waals surface area (Å²) in [6.45, 7) is 7.46. The van der Waals surface area contributed by atoms with Gasteiger partial charge in [0.25, 0.3) is 0 Å². The molecule has 0 saturated carbocycles. The van der Waals surface area contributed by atoms with Crippen LogP contribution in [-0.4, -0.2) is 21.7 Å². The average Bonchev–Trinajstić information content (AvgIpc) is 2.07. The predicted molar refractivity (Wildman–Crippen MR) is 58.4 cm³/mol. The van der Waals surface area contributed by atoms with Crippen molar-refractivity contribution in [2.45, 2.75) is 39.3 Å². The second-order valence-electron chi connectivity index (χ2n) is 4.21. The lowest BCUT2D eigenvalue weighted by atomic mass is 10.0. The Kier molecular flexibility index (Phi) is 3.11. The Balaban J connectivity index is 2.65. The molecule has 1 unspecified atom stereocenters. The van der Waals surface area contributed by atoms with E-state index in [1.807, 2.05) is 26.0 Å². The van der Waals surface area contributed by atoms with Crippen LogP contribution >= 0.6 is 0 Å². The first-order chi connectivity index (χ1) is 6.39. The number of hydrogen-bond acceptors (Lipinski definition) is 3. The number of nitrogens with one attached hydrogen (secondary N) is 1. The van der Waals surface area contributed by atoms with Crippen LogP contribution in [-0.2, 0) is 0 Å². The van der Waals surface area contributed by atoms with Crippen LogP contribution in [0.3, 0.4) is 0 Å². The molecule has 0 aliphatic carbocycles. The summed E-state index contributed by atoms with van der Waals surface area (Å²) in [5.74, 6) is 0. The fraction of sp³-hybridized carbons (Fsp3) is 0.545. The molecule has 1 aromatic heterocycles. The normalized spacial score (nSPS) is 13.8. The van der Waals surface area contributed by atoms with Gasteiger partial charge in [-0.05, 0) is 39.8 Å². The molecule has 1 aromatic rings. The van der Waals surface area contributed by atoms with Gasteiger partial charge in [0.05, 0.1) is 23.5 Å². The molecule has 0 bridgehead atoms. The van der Waals surface area contributed by atoms with Crippen molar-refractivity contribution in [2.24, 2.45) is 0 Å². The minimum absolute atomic E-state index is 0.00740. The maximum Gasteiger partial charge on any atom is 0.0789 e. The molecule has 2 N–H and O–H groups in total. The van der Waals surface area contributed by atoms with Crippen molar-refractivity contribution < 1.29 is 5.11 Å². The summed E-state index contributed by atoms with van der Waals surface area (Å²) in [6, 6.07) is 3.90. The van der Waals surface area contributed by atoms with E-state index in [0.29, 0.717) is 0 Å². The van der Waals surface area contributed by atoms with Gasteiger partial charge < -0.3 is 10.4 Å². The molecule has 3 nitrogen and oxygen atoms in total. The minimum Gasteiger partial charge on any atom is -0.388 e. The second-order valence-corrected chi connectivity index (χ2v) is 4.21. The first-order valence-corrected chi connectivity index (χ1v) is 4.81. The maximum absolute atomic E-state index is 9.72. The molecule has 0 aliphatic heterocycles. The SMILES string of the molecule is Cc1ccc(NC(C)C(C)(C)O)cn1. The van der Waals surface area contributed by atoms with Crippen LogP contribution in [0.1, 0.15) is 26.5 Å². The molecule has 1 atom stereocenters. The predicted octanol–water partition coefficient (Wildman–Crippen LogP) is 1.96. The number of rotatable bonds is 3. The number of aromatic nitrogens is 1. The summed E-state index contributed by atoms with van der Waals surface area (Å²) < 4.78 is 0. The van der Waals surface area contributed by atoms with Gasteiger partial charge in [0, 0.05) is 5.69 Å². The van der Waals surface area contributed by atoms with Crippen LogP contribution in [0, 0.1) is 6.92 Å². The van der Waals surface area contributed by atoms with Gasteiger partial charge in [-0.1, -0.05) is 0 Å². The van der Waals surface area contributed by atoms with E-state index in [2.05, 4.69) is 10.3 Å². The van der Waals surface area contributed by atoms with Gasteiger partial charge in [0.15, 0.2) is 0 Å². The largest absolute Gasteiger partial charge is 0.388 e. The summed E-state index contributed by atoms with van der Waals surface area (Å²) in [5.41, 5.74) is 1.20. The Bertz CT molecular complexity index is 287. The summed E-state index contributed by atoms with van der Waals surface area (Å²) in [4.78, 5) is 4.17. The van der Waals surface area contributed by atoms with Gasteiger partial charge in [0.1, 0.15) is 0 Å². The zero-order valence-electron chi connectivity index (χ0n) is 9.20. The van der Waals surface area contributed by atoms with Crippen molar-refractivity contribution in [1.29, 1.82) is 0 Å². The Morgan fingerprint density at radius 2 is 2.07 bits per heavy atom. The number of nitrogens with zero attached hydrogens (tertiary/aromatic N) is 1. The minimum atomic E-state index is -0.731. The Hall–Kier alpha value is -1.09. The highest BCUT2D eigenvalue weighted by Crippen LogP contribution is 2.14. The summed E-state index contributed by atoms with van der Waals surface area (Å²) in [7, 11) is 0. The summed E-state index contributed by atoms with van der Waals surface area (Å²) in [5, 5.41) is 12.9. The monoisotopic (exact) mass is 194 g/mol. The van der Waals surface area contributed by atoms with Crippen LogP contribution in [0.2, 0.25) is 0 Å². The fourth-order valence-electron chi connectivity index (χ4n) is 0.980. The molecule has 0 fully saturated rings. The van der Waals surface area contributed by atoms with Crippen molar-refractivity contribution in [3.63, 3.8) is 0 Å². The van der Waals surface area contributed by atoms with Gasteiger partial charge in [-0.25, -0.2) is 0 Å². The van der Waals surface area contributed by atoms with E-state index in [1.165, 1.54) is 0 Å². The molecule has 0 radical (unpaired) electrons. The Labute approximate surface area is 85.2 Å². The summed E-state index contributed by atoms with van der Waals surface area (Å²) in [6.07, 6.45) is 1.78. The first kappa shape index (κ1) is 11.0. The van der Waals surface area contributed by atoms with Gasteiger partial charge in [-0.3, -0.25) is 4.98 Å². The van der Waals surface area contributed by atoms with Crippen molar-refractivity contribution in [3.05, 3.63) is 24.0 Å². The lowest BCUT2D eigenvalue weighted by Crippen LogP contribution is -2.39. The number of pyridine rings is 1. The number of aryl methyl sites for hydroxylation is 1. The highest BCUT2D eigenvalue weighted by atomic mass is 16.3. The number of hydrogen-bond donors (Lipinski definition) is 2.